The van der Waals surface area contributed by atoms with E-state index in [1.54, 1.807) is 18.2 Å². The number of carbonyl (C=O) groups is 1. The highest BCUT2D eigenvalue weighted by atomic mass is 79.9. The van der Waals surface area contributed by atoms with Crippen molar-refractivity contribution in [1.29, 1.82) is 5.26 Å². The van der Waals surface area contributed by atoms with E-state index in [1.165, 1.54) is 6.08 Å². The number of hydrogen-bond acceptors (Lipinski definition) is 4. The summed E-state index contributed by atoms with van der Waals surface area (Å²) in [5, 5.41) is 17.4. The summed E-state index contributed by atoms with van der Waals surface area (Å²) in [7, 11) is 0. The van der Waals surface area contributed by atoms with Gasteiger partial charge in [0.2, 0.25) is 6.79 Å². The molecule has 0 bridgehead atoms. The Labute approximate surface area is 105 Å². The number of nitrogens with zero attached hydrogens (tertiary/aromatic N) is 1. The lowest BCUT2D eigenvalue weighted by atomic mass is 10.1. The van der Waals surface area contributed by atoms with Gasteiger partial charge in [0.05, 0.1) is 0 Å². The number of ether oxygens (including phenoxy) is 2. The molecule has 0 amide bonds. The first kappa shape index (κ1) is 11.5. The van der Waals surface area contributed by atoms with Crippen LogP contribution < -0.4 is 9.47 Å². The van der Waals surface area contributed by atoms with Gasteiger partial charge >= 0.3 is 5.97 Å². The Morgan fingerprint density at radius 1 is 1.47 bits per heavy atom. The number of hydrogen-bond donors (Lipinski definition) is 1. The molecule has 0 atom stereocenters. The van der Waals surface area contributed by atoms with E-state index in [0.29, 0.717) is 21.5 Å². The standard InChI is InChI=1S/C11H6BrNO4/c12-8-3-10-9(16-5-17-10)2-6(8)1-7(4-13)11(14)15/h1-3H,5H2,(H,14,15). The maximum atomic E-state index is 10.7. The molecule has 1 aliphatic heterocycles. The van der Waals surface area contributed by atoms with Crippen molar-refractivity contribution in [3.63, 3.8) is 0 Å². The van der Waals surface area contributed by atoms with Gasteiger partial charge in [-0.15, -0.1) is 0 Å². The van der Waals surface area contributed by atoms with Crippen molar-refractivity contribution in [2.24, 2.45) is 0 Å². The highest BCUT2D eigenvalue weighted by Crippen LogP contribution is 2.37. The molecule has 86 valence electrons. The van der Waals surface area contributed by atoms with Crippen LogP contribution in [0.25, 0.3) is 6.08 Å². The van der Waals surface area contributed by atoms with Crippen LogP contribution in [0.15, 0.2) is 22.2 Å². The Hall–Kier alpha value is -2.00. The normalized spacial score (nSPS) is 13.3. The molecule has 0 radical (unpaired) electrons. The lowest BCUT2D eigenvalue weighted by Gasteiger charge is -2.02. The van der Waals surface area contributed by atoms with Crippen molar-refractivity contribution in [3.05, 3.63) is 27.7 Å². The number of aliphatic carboxylic acids is 1. The second-order valence-corrected chi connectivity index (χ2v) is 4.06. The van der Waals surface area contributed by atoms with Gasteiger partial charge in [-0.3, -0.25) is 0 Å². The van der Waals surface area contributed by atoms with E-state index in [4.69, 9.17) is 19.8 Å². The molecule has 5 nitrogen and oxygen atoms in total. The molecule has 1 aromatic carbocycles. The van der Waals surface area contributed by atoms with E-state index in [0.717, 1.165) is 0 Å². The third-order valence-electron chi connectivity index (χ3n) is 2.14. The van der Waals surface area contributed by atoms with Crippen molar-refractivity contribution >= 4 is 28.0 Å². The van der Waals surface area contributed by atoms with Gasteiger partial charge in [-0.05, 0) is 23.8 Å². The van der Waals surface area contributed by atoms with Crippen LogP contribution in [0, 0.1) is 11.3 Å². The Morgan fingerprint density at radius 2 is 2.12 bits per heavy atom. The summed E-state index contributed by atoms with van der Waals surface area (Å²) in [5.74, 6) is -0.151. The topological polar surface area (TPSA) is 79.5 Å². The average Bonchev–Trinajstić information content (AvgIpc) is 2.72. The molecule has 1 heterocycles. The van der Waals surface area contributed by atoms with Gasteiger partial charge in [-0.1, -0.05) is 15.9 Å². The van der Waals surface area contributed by atoms with Gasteiger partial charge < -0.3 is 14.6 Å². The van der Waals surface area contributed by atoms with Crippen LogP contribution in [0.5, 0.6) is 11.5 Å². The molecule has 0 unspecified atom stereocenters. The fourth-order valence-corrected chi connectivity index (χ4v) is 1.78. The van der Waals surface area contributed by atoms with Crippen LogP contribution in [-0.2, 0) is 4.79 Å². The fourth-order valence-electron chi connectivity index (χ4n) is 1.34. The summed E-state index contributed by atoms with van der Waals surface area (Å²) in [6, 6.07) is 4.90. The number of carboxylic acids is 1. The molecule has 0 saturated carbocycles. The Kier molecular flexibility index (Phi) is 3.02. The summed E-state index contributed by atoms with van der Waals surface area (Å²) in [6.45, 7) is 0.138. The van der Waals surface area contributed by atoms with Gasteiger partial charge in [-0.2, -0.15) is 5.26 Å². The second-order valence-electron chi connectivity index (χ2n) is 3.20. The predicted molar refractivity (Wildman–Crippen MR) is 61.5 cm³/mol. The molecule has 6 heteroatoms. The zero-order chi connectivity index (χ0) is 12.4. The van der Waals surface area contributed by atoms with Crippen molar-refractivity contribution in [3.8, 4) is 17.6 Å². The molecule has 2 rings (SSSR count). The first-order chi connectivity index (χ1) is 8.11. The van der Waals surface area contributed by atoms with E-state index in [2.05, 4.69) is 15.9 Å². The third-order valence-corrected chi connectivity index (χ3v) is 2.83. The van der Waals surface area contributed by atoms with Crippen molar-refractivity contribution in [1.82, 2.24) is 0 Å². The molecule has 0 aromatic heterocycles. The monoisotopic (exact) mass is 295 g/mol. The molecule has 1 N–H and O–H groups in total. The van der Waals surface area contributed by atoms with E-state index >= 15 is 0 Å². The molecule has 0 saturated heterocycles. The van der Waals surface area contributed by atoms with Crippen molar-refractivity contribution < 1.29 is 19.4 Å². The van der Waals surface area contributed by atoms with Gasteiger partial charge in [0.1, 0.15) is 11.6 Å². The SMILES string of the molecule is N#CC(=Cc1cc2c(cc1Br)OCO2)C(=O)O. The zero-order valence-electron chi connectivity index (χ0n) is 8.44. The number of fused-ring (bicyclic) bond motifs is 1. The van der Waals surface area contributed by atoms with Gasteiger partial charge in [0.15, 0.2) is 11.5 Å². The molecule has 0 aliphatic carbocycles. The highest BCUT2D eigenvalue weighted by molar-refractivity contribution is 9.10. The minimum atomic E-state index is -1.27. The summed E-state index contributed by atoms with van der Waals surface area (Å²) < 4.78 is 11.0. The molecule has 0 spiro atoms. The Balaban J connectivity index is 2.47. The first-order valence-corrected chi connectivity index (χ1v) is 5.35. The second kappa shape index (κ2) is 4.47. The van der Waals surface area contributed by atoms with Crippen LogP contribution in [0.2, 0.25) is 0 Å². The van der Waals surface area contributed by atoms with Gasteiger partial charge in [0, 0.05) is 4.47 Å². The minimum Gasteiger partial charge on any atom is -0.477 e. The van der Waals surface area contributed by atoms with E-state index in [9.17, 15) is 4.79 Å². The van der Waals surface area contributed by atoms with Crippen molar-refractivity contribution in [2.45, 2.75) is 0 Å². The van der Waals surface area contributed by atoms with Crippen LogP contribution in [0.4, 0.5) is 0 Å². The maximum absolute atomic E-state index is 10.7. The number of rotatable bonds is 2. The number of carboxylic acid groups (broad SMARTS) is 1. The lowest BCUT2D eigenvalue weighted by Crippen LogP contribution is -1.97. The largest absolute Gasteiger partial charge is 0.477 e. The summed E-state index contributed by atoms with van der Waals surface area (Å²) in [6.07, 6.45) is 1.27. The Morgan fingerprint density at radius 3 is 2.71 bits per heavy atom. The van der Waals surface area contributed by atoms with E-state index < -0.39 is 5.97 Å². The number of benzene rings is 1. The quantitative estimate of drug-likeness (QED) is 0.668. The summed E-state index contributed by atoms with van der Waals surface area (Å²) in [5.41, 5.74) is 0.206. The fraction of sp³-hybridized carbons (Fsp3) is 0.0909. The van der Waals surface area contributed by atoms with Crippen LogP contribution in [0.1, 0.15) is 5.56 Å². The minimum absolute atomic E-state index is 0.138. The first-order valence-electron chi connectivity index (χ1n) is 4.56. The third kappa shape index (κ3) is 2.24. The summed E-state index contributed by atoms with van der Waals surface area (Å²) in [4.78, 5) is 10.7. The van der Waals surface area contributed by atoms with E-state index in [1.807, 2.05) is 0 Å². The predicted octanol–water partition coefficient (Wildman–Crippen LogP) is 2.17. The Bertz CT molecular complexity index is 559. The lowest BCUT2D eigenvalue weighted by molar-refractivity contribution is -0.132. The van der Waals surface area contributed by atoms with Gasteiger partial charge in [-0.25, -0.2) is 4.79 Å². The zero-order valence-corrected chi connectivity index (χ0v) is 10.0. The molecular formula is C11H6BrNO4. The van der Waals surface area contributed by atoms with Crippen LogP contribution >= 0.6 is 15.9 Å². The molecule has 1 aliphatic rings. The maximum Gasteiger partial charge on any atom is 0.346 e. The van der Waals surface area contributed by atoms with Crippen LogP contribution in [-0.4, -0.2) is 17.9 Å². The number of halogens is 1. The van der Waals surface area contributed by atoms with Crippen LogP contribution in [0.3, 0.4) is 0 Å². The average molecular weight is 296 g/mol. The highest BCUT2D eigenvalue weighted by Gasteiger charge is 2.16. The van der Waals surface area contributed by atoms with Gasteiger partial charge in [0.25, 0.3) is 0 Å². The number of nitriles is 1. The molecule has 17 heavy (non-hydrogen) atoms. The summed E-state index contributed by atoms with van der Waals surface area (Å²) >= 11 is 3.27. The molecular weight excluding hydrogens is 290 g/mol. The van der Waals surface area contributed by atoms with Crippen molar-refractivity contribution in [2.75, 3.05) is 6.79 Å². The smallest absolute Gasteiger partial charge is 0.346 e. The molecule has 1 aromatic rings. The molecule has 0 fully saturated rings. The van der Waals surface area contributed by atoms with E-state index in [-0.39, 0.29) is 12.4 Å².